The molecule has 0 aromatic heterocycles. The smallest absolute Gasteiger partial charge is 0.249 e. The number of rotatable bonds is 47. The molecular weight excluding hydrogens is 743 g/mol. The number of allylic oxidation sites excluding steroid dienone is 8. The quantitative estimate of drug-likeness (QED) is 0.0310. The predicted octanol–water partition coefficient (Wildman–Crippen LogP) is 14.6. The number of nitrogens with one attached hydrogen (secondary N) is 1. The van der Waals surface area contributed by atoms with Gasteiger partial charge in [0.2, 0.25) is 5.91 Å². The van der Waals surface area contributed by atoms with Gasteiger partial charge in [-0.1, -0.05) is 217 Å². The van der Waals surface area contributed by atoms with Gasteiger partial charge in [-0.3, -0.25) is 4.79 Å². The fourth-order valence-electron chi connectivity index (χ4n) is 7.84. The lowest BCUT2D eigenvalue weighted by Crippen LogP contribution is -2.53. The number of aliphatic hydroxyl groups excluding tert-OH is 4. The van der Waals surface area contributed by atoms with E-state index in [0.29, 0.717) is 19.3 Å². The molecule has 0 bridgehead atoms. The third-order valence-electron chi connectivity index (χ3n) is 12.0. The van der Waals surface area contributed by atoms with Crippen molar-refractivity contribution in [3.8, 4) is 0 Å². The normalized spacial score (nSPS) is 14.3. The van der Waals surface area contributed by atoms with Crippen LogP contribution in [0.5, 0.6) is 0 Å². The van der Waals surface area contributed by atoms with Crippen LogP contribution in [0.25, 0.3) is 0 Å². The second-order valence-corrected chi connectivity index (χ2v) is 17.8. The minimum Gasteiger partial charge on any atom is -0.394 e. The summed E-state index contributed by atoms with van der Waals surface area (Å²) in [4.78, 5) is 12.6. The molecule has 1 amide bonds. The van der Waals surface area contributed by atoms with Gasteiger partial charge in [0.15, 0.2) is 0 Å². The van der Waals surface area contributed by atoms with Gasteiger partial charge in [0.1, 0.15) is 12.2 Å². The maximum Gasteiger partial charge on any atom is 0.249 e. The summed E-state index contributed by atoms with van der Waals surface area (Å²) in [5, 5.41) is 43.8. The molecular formula is C54H101NO5. The highest BCUT2D eigenvalue weighted by Crippen LogP contribution is 2.15. The molecule has 4 atom stereocenters. The molecule has 4 unspecified atom stereocenters. The maximum absolute atomic E-state index is 12.6. The van der Waals surface area contributed by atoms with Crippen LogP contribution in [-0.4, -0.2) is 57.3 Å². The van der Waals surface area contributed by atoms with Gasteiger partial charge in [-0.15, -0.1) is 0 Å². The Balaban J connectivity index is 3.77. The molecule has 0 heterocycles. The summed E-state index contributed by atoms with van der Waals surface area (Å²) >= 11 is 0. The molecule has 0 aliphatic carbocycles. The first-order valence-corrected chi connectivity index (χ1v) is 26.0. The molecule has 0 spiro atoms. The molecule has 0 aromatic carbocycles. The zero-order valence-electron chi connectivity index (χ0n) is 39.7. The van der Waals surface area contributed by atoms with E-state index in [1.807, 2.05) is 0 Å². The lowest BCUT2D eigenvalue weighted by molar-refractivity contribution is -0.132. The van der Waals surface area contributed by atoms with Crippen LogP contribution in [0.4, 0.5) is 0 Å². The highest BCUT2D eigenvalue weighted by Gasteiger charge is 2.28. The highest BCUT2D eigenvalue weighted by atomic mass is 16.3. The monoisotopic (exact) mass is 844 g/mol. The molecule has 0 aliphatic rings. The summed E-state index contributed by atoms with van der Waals surface area (Å²) in [6, 6.07) is -1.02. The summed E-state index contributed by atoms with van der Waals surface area (Å²) in [6.45, 7) is 4.05. The summed E-state index contributed by atoms with van der Waals surface area (Å²) < 4.78 is 0. The first-order valence-electron chi connectivity index (χ1n) is 26.0. The molecule has 0 saturated carbocycles. The summed E-state index contributed by atoms with van der Waals surface area (Å²) in [5.41, 5.74) is 0. The third kappa shape index (κ3) is 41.6. The van der Waals surface area contributed by atoms with Gasteiger partial charge in [-0.05, 0) is 89.9 Å². The molecule has 0 fully saturated rings. The van der Waals surface area contributed by atoms with Gasteiger partial charge >= 0.3 is 0 Å². The lowest BCUT2D eigenvalue weighted by Gasteiger charge is -2.27. The largest absolute Gasteiger partial charge is 0.394 e. The molecule has 0 aromatic rings. The predicted molar refractivity (Wildman–Crippen MR) is 260 cm³/mol. The van der Waals surface area contributed by atoms with Crippen molar-refractivity contribution in [1.82, 2.24) is 5.32 Å². The molecule has 0 radical (unpaired) electrons. The van der Waals surface area contributed by atoms with Crippen molar-refractivity contribution in [3.63, 3.8) is 0 Å². The minimum atomic E-state index is -1.30. The Hall–Kier alpha value is -1.73. The molecule has 0 rings (SSSR count). The third-order valence-corrected chi connectivity index (χ3v) is 12.0. The number of carbonyl (C=O) groups is 1. The number of amides is 1. The van der Waals surface area contributed by atoms with Crippen LogP contribution in [0.3, 0.4) is 0 Å². The summed E-state index contributed by atoms with van der Waals surface area (Å²) in [7, 11) is 0. The molecule has 0 saturated heterocycles. The van der Waals surface area contributed by atoms with Gasteiger partial charge in [0.25, 0.3) is 0 Å². The maximum atomic E-state index is 12.6. The Morgan fingerprint density at radius 3 is 1.05 bits per heavy atom. The number of aliphatic hydroxyl groups is 4. The van der Waals surface area contributed by atoms with Crippen LogP contribution in [0, 0.1) is 0 Å². The van der Waals surface area contributed by atoms with Crippen LogP contribution in [0.15, 0.2) is 48.6 Å². The van der Waals surface area contributed by atoms with E-state index in [9.17, 15) is 25.2 Å². The van der Waals surface area contributed by atoms with Crippen LogP contribution in [0.2, 0.25) is 0 Å². The number of hydrogen-bond donors (Lipinski definition) is 5. The van der Waals surface area contributed by atoms with Crippen molar-refractivity contribution in [2.75, 3.05) is 6.61 Å². The van der Waals surface area contributed by atoms with Crippen LogP contribution < -0.4 is 5.32 Å². The molecule has 352 valence electrons. The number of carbonyl (C=O) groups excluding carboxylic acids is 1. The Labute approximate surface area is 372 Å². The van der Waals surface area contributed by atoms with E-state index in [0.717, 1.165) is 64.2 Å². The van der Waals surface area contributed by atoms with E-state index in [1.165, 1.54) is 161 Å². The molecule has 60 heavy (non-hydrogen) atoms. The van der Waals surface area contributed by atoms with Gasteiger partial charge in [0, 0.05) is 0 Å². The van der Waals surface area contributed by atoms with Crippen molar-refractivity contribution in [2.45, 2.75) is 282 Å². The van der Waals surface area contributed by atoms with Gasteiger partial charge < -0.3 is 25.7 Å². The Morgan fingerprint density at radius 1 is 0.400 bits per heavy atom. The fraction of sp³-hybridized carbons (Fsp3) is 0.833. The average molecular weight is 844 g/mol. The van der Waals surface area contributed by atoms with E-state index < -0.39 is 36.9 Å². The van der Waals surface area contributed by atoms with E-state index in [2.05, 4.69) is 67.8 Å². The zero-order chi connectivity index (χ0) is 43.8. The van der Waals surface area contributed by atoms with Crippen LogP contribution in [0.1, 0.15) is 258 Å². The highest BCUT2D eigenvalue weighted by molar-refractivity contribution is 5.80. The van der Waals surface area contributed by atoms with Crippen LogP contribution in [-0.2, 0) is 4.79 Å². The van der Waals surface area contributed by atoms with Crippen molar-refractivity contribution in [3.05, 3.63) is 48.6 Å². The second kappa shape index (κ2) is 48.3. The summed E-state index contributed by atoms with van der Waals surface area (Å²) in [6.07, 6.45) is 60.2. The Morgan fingerprint density at radius 2 is 0.700 bits per heavy atom. The number of hydrogen-bond acceptors (Lipinski definition) is 5. The van der Waals surface area contributed by atoms with E-state index in [4.69, 9.17) is 0 Å². The van der Waals surface area contributed by atoms with Gasteiger partial charge in [-0.25, -0.2) is 0 Å². The molecule has 6 heteroatoms. The number of unbranched alkanes of at least 4 members (excludes halogenated alkanes) is 30. The van der Waals surface area contributed by atoms with E-state index in [1.54, 1.807) is 0 Å². The van der Waals surface area contributed by atoms with Gasteiger partial charge in [0.05, 0.1) is 18.8 Å². The van der Waals surface area contributed by atoms with Crippen molar-refractivity contribution in [2.24, 2.45) is 0 Å². The molecule has 5 N–H and O–H groups in total. The SMILES string of the molecule is CCCCCCCCCCC/C=C\CCCCCCCCC(O)C(=O)NC(CO)C(O)C(O)CCC/C=C/CC/C=C/CC/C=C/CCCCCCCCCCCCCC. The summed E-state index contributed by atoms with van der Waals surface area (Å²) in [5.74, 6) is -0.604. The zero-order valence-corrected chi connectivity index (χ0v) is 39.7. The Bertz CT molecular complexity index is 993. The fourth-order valence-corrected chi connectivity index (χ4v) is 7.84. The standard InChI is InChI=1S/C54H101NO5/c1-3-5-7-9-11-13-15-17-19-21-23-24-25-26-27-28-30-31-33-35-37-39-41-43-45-47-51(57)53(59)50(49-56)55-54(60)52(58)48-46-44-42-40-38-36-34-32-29-22-20-18-16-14-12-10-8-6-4-2/h26-27,29,31-33,39,41,50-53,56-59H,3-25,28,30,34-38,40,42-49H2,1-2H3,(H,55,60)/b27-26+,32-29-,33-31+,41-39+. The van der Waals surface area contributed by atoms with Crippen LogP contribution >= 0.6 is 0 Å². The first-order chi connectivity index (χ1) is 29.5. The van der Waals surface area contributed by atoms with E-state index >= 15 is 0 Å². The van der Waals surface area contributed by atoms with Crippen molar-refractivity contribution < 1.29 is 25.2 Å². The molecule has 6 nitrogen and oxygen atoms in total. The average Bonchev–Trinajstić information content (AvgIpc) is 3.25. The Kier molecular flexibility index (Phi) is 46.9. The van der Waals surface area contributed by atoms with Crippen molar-refractivity contribution >= 4 is 5.91 Å². The van der Waals surface area contributed by atoms with E-state index in [-0.39, 0.29) is 0 Å². The second-order valence-electron chi connectivity index (χ2n) is 17.8. The van der Waals surface area contributed by atoms with Crippen molar-refractivity contribution in [1.29, 1.82) is 0 Å². The molecule has 0 aliphatic heterocycles. The topological polar surface area (TPSA) is 110 Å². The first kappa shape index (κ1) is 58.3. The van der Waals surface area contributed by atoms with Gasteiger partial charge in [-0.2, -0.15) is 0 Å². The minimum absolute atomic E-state index is 0.350. The lowest BCUT2D eigenvalue weighted by atomic mass is 10.00.